The zero-order valence-corrected chi connectivity index (χ0v) is 21.5. The highest BCUT2D eigenvalue weighted by atomic mass is 16.6. The van der Waals surface area contributed by atoms with Crippen molar-refractivity contribution in [2.75, 3.05) is 0 Å². The van der Waals surface area contributed by atoms with Crippen LogP contribution in [0.2, 0.25) is 0 Å². The van der Waals surface area contributed by atoms with Crippen molar-refractivity contribution in [1.82, 2.24) is 0 Å². The van der Waals surface area contributed by atoms with Crippen molar-refractivity contribution in [3.05, 3.63) is 0 Å². The predicted octanol–water partition coefficient (Wildman–Crippen LogP) is 6.99. The van der Waals surface area contributed by atoms with Gasteiger partial charge in [0.05, 0.1) is 10.8 Å². The van der Waals surface area contributed by atoms with Gasteiger partial charge in [-0.15, -0.1) is 0 Å². The molecule has 5 fully saturated rings. The maximum absolute atomic E-state index is 13.9. The van der Waals surface area contributed by atoms with Crippen molar-refractivity contribution in [2.45, 2.75) is 136 Å². The lowest BCUT2D eigenvalue weighted by atomic mass is 9.41. The molecule has 0 aromatic heterocycles. The van der Waals surface area contributed by atoms with Gasteiger partial charge in [0.25, 0.3) is 0 Å². The molecule has 4 bridgehead atoms. The van der Waals surface area contributed by atoms with E-state index in [9.17, 15) is 9.59 Å². The summed E-state index contributed by atoms with van der Waals surface area (Å²) in [5.74, 6) is 1.05. The Morgan fingerprint density at radius 2 is 1.50 bits per heavy atom. The van der Waals surface area contributed by atoms with Gasteiger partial charge in [-0.2, -0.15) is 0 Å². The third-order valence-corrected chi connectivity index (χ3v) is 10.3. The summed E-state index contributed by atoms with van der Waals surface area (Å²) < 4.78 is 12.8. The summed E-state index contributed by atoms with van der Waals surface area (Å²) >= 11 is 0. The third-order valence-electron chi connectivity index (χ3n) is 10.3. The first-order chi connectivity index (χ1) is 14.9. The molecule has 0 heterocycles. The first-order valence-corrected chi connectivity index (χ1v) is 13.4. The SMILES string of the molecule is CCC1(OC(=O)C23CC4CC(C2)CC(C(C)(C)OC(=O)C(C)(C)CC)(C4)C3)CCCCC1. The molecule has 0 spiro atoms. The molecule has 0 aromatic carbocycles. The molecule has 2 unspecified atom stereocenters. The monoisotopic (exact) mass is 446 g/mol. The van der Waals surface area contributed by atoms with E-state index >= 15 is 0 Å². The average Bonchev–Trinajstić information content (AvgIpc) is 2.73. The Kier molecular flexibility index (Phi) is 6.03. The second kappa shape index (κ2) is 8.01. The minimum absolute atomic E-state index is 0.0655. The van der Waals surface area contributed by atoms with Crippen molar-refractivity contribution in [3.63, 3.8) is 0 Å². The zero-order valence-electron chi connectivity index (χ0n) is 21.5. The largest absolute Gasteiger partial charge is 0.459 e. The summed E-state index contributed by atoms with van der Waals surface area (Å²) in [6.45, 7) is 12.4. The van der Waals surface area contributed by atoms with Gasteiger partial charge in [0.2, 0.25) is 0 Å². The summed E-state index contributed by atoms with van der Waals surface area (Å²) in [5, 5.41) is 0. The van der Waals surface area contributed by atoms with E-state index in [2.05, 4.69) is 20.8 Å². The van der Waals surface area contributed by atoms with Gasteiger partial charge < -0.3 is 9.47 Å². The highest BCUT2D eigenvalue weighted by Crippen LogP contribution is 2.69. The minimum atomic E-state index is -0.576. The zero-order chi connectivity index (χ0) is 23.4. The van der Waals surface area contributed by atoms with Crippen molar-refractivity contribution < 1.29 is 19.1 Å². The van der Waals surface area contributed by atoms with Crippen LogP contribution >= 0.6 is 0 Å². The van der Waals surface area contributed by atoms with Gasteiger partial charge in [-0.3, -0.25) is 9.59 Å². The van der Waals surface area contributed by atoms with Crippen LogP contribution in [0.25, 0.3) is 0 Å². The fourth-order valence-electron chi connectivity index (χ4n) is 7.86. The molecule has 5 aliphatic rings. The molecule has 2 atom stereocenters. The molecule has 5 rings (SSSR count). The Bertz CT molecular complexity index is 729. The number of rotatable bonds is 7. The highest BCUT2D eigenvalue weighted by Gasteiger charge is 2.66. The van der Waals surface area contributed by atoms with Crippen LogP contribution in [0.4, 0.5) is 0 Å². The lowest BCUT2D eigenvalue weighted by Crippen LogP contribution is -2.63. The molecule has 5 aliphatic carbocycles. The summed E-state index contributed by atoms with van der Waals surface area (Å²) in [6, 6.07) is 0. The Balaban J connectivity index is 1.59. The summed E-state index contributed by atoms with van der Waals surface area (Å²) in [7, 11) is 0. The Hall–Kier alpha value is -1.06. The molecular weight excluding hydrogens is 400 g/mol. The number of carbonyl (C=O) groups excluding carboxylic acids is 2. The van der Waals surface area contributed by atoms with Gasteiger partial charge in [-0.05, 0) is 117 Å². The van der Waals surface area contributed by atoms with E-state index in [4.69, 9.17) is 9.47 Å². The van der Waals surface area contributed by atoms with E-state index < -0.39 is 11.0 Å². The smallest absolute Gasteiger partial charge is 0.312 e. The van der Waals surface area contributed by atoms with Gasteiger partial charge in [-0.1, -0.05) is 20.3 Å². The number of ether oxygens (including phenoxy) is 2. The van der Waals surface area contributed by atoms with Crippen LogP contribution in [-0.2, 0) is 19.1 Å². The molecule has 5 saturated carbocycles. The van der Waals surface area contributed by atoms with E-state index in [1.54, 1.807) is 0 Å². The molecule has 182 valence electrons. The average molecular weight is 447 g/mol. The van der Waals surface area contributed by atoms with Crippen LogP contribution in [0.5, 0.6) is 0 Å². The second-order valence-electron chi connectivity index (χ2n) is 13.1. The Morgan fingerprint density at radius 1 is 0.906 bits per heavy atom. The van der Waals surface area contributed by atoms with Gasteiger partial charge in [0.15, 0.2) is 0 Å². The Morgan fingerprint density at radius 3 is 2.03 bits per heavy atom. The van der Waals surface area contributed by atoms with E-state index in [-0.39, 0.29) is 28.4 Å². The fraction of sp³-hybridized carbons (Fsp3) is 0.929. The molecule has 0 amide bonds. The lowest BCUT2D eigenvalue weighted by molar-refractivity contribution is -0.231. The van der Waals surface area contributed by atoms with E-state index in [1.165, 1.54) is 25.7 Å². The predicted molar refractivity (Wildman–Crippen MR) is 126 cm³/mol. The molecule has 0 radical (unpaired) electrons. The van der Waals surface area contributed by atoms with Crippen LogP contribution in [0, 0.1) is 28.1 Å². The van der Waals surface area contributed by atoms with E-state index in [0.717, 1.165) is 57.8 Å². The molecule has 4 nitrogen and oxygen atoms in total. The topological polar surface area (TPSA) is 52.6 Å². The summed E-state index contributed by atoms with van der Waals surface area (Å²) in [4.78, 5) is 26.9. The molecule has 0 saturated heterocycles. The summed E-state index contributed by atoms with van der Waals surface area (Å²) in [6.07, 6.45) is 13.4. The molecular formula is C28H46O4. The summed E-state index contributed by atoms with van der Waals surface area (Å²) in [5.41, 5.74) is -1.81. The van der Waals surface area contributed by atoms with Gasteiger partial charge in [-0.25, -0.2) is 0 Å². The van der Waals surface area contributed by atoms with Gasteiger partial charge in [0, 0.05) is 5.41 Å². The molecule has 0 N–H and O–H groups in total. The molecule has 4 heteroatoms. The quantitative estimate of drug-likeness (QED) is 0.396. The van der Waals surface area contributed by atoms with Crippen molar-refractivity contribution >= 4 is 11.9 Å². The van der Waals surface area contributed by atoms with Crippen molar-refractivity contribution in [1.29, 1.82) is 0 Å². The lowest BCUT2D eigenvalue weighted by Gasteiger charge is -2.65. The third kappa shape index (κ3) is 3.92. The van der Waals surface area contributed by atoms with E-state index in [1.807, 2.05) is 20.8 Å². The standard InChI is InChI=1S/C28H46O4/c1-7-24(3,4)22(29)31-25(5,6)27-17-20-14-21(18-27)16-26(15-20,19-27)23(30)32-28(8-2)12-10-9-11-13-28/h20-21H,7-19H2,1-6H3. The second-order valence-corrected chi connectivity index (χ2v) is 13.1. The van der Waals surface area contributed by atoms with Crippen LogP contribution in [0.1, 0.15) is 125 Å². The number of carbonyl (C=O) groups is 2. The van der Waals surface area contributed by atoms with E-state index in [0.29, 0.717) is 11.8 Å². The fourth-order valence-corrected chi connectivity index (χ4v) is 7.86. The molecule has 0 aliphatic heterocycles. The van der Waals surface area contributed by atoms with Crippen LogP contribution in [0.15, 0.2) is 0 Å². The van der Waals surface area contributed by atoms with Crippen LogP contribution in [0.3, 0.4) is 0 Å². The van der Waals surface area contributed by atoms with Gasteiger partial charge in [0.1, 0.15) is 11.2 Å². The minimum Gasteiger partial charge on any atom is -0.459 e. The van der Waals surface area contributed by atoms with Crippen LogP contribution < -0.4 is 0 Å². The molecule has 32 heavy (non-hydrogen) atoms. The van der Waals surface area contributed by atoms with Crippen molar-refractivity contribution in [3.8, 4) is 0 Å². The maximum atomic E-state index is 13.9. The Labute approximate surface area is 195 Å². The highest BCUT2D eigenvalue weighted by molar-refractivity contribution is 5.79. The molecule has 0 aromatic rings. The number of hydrogen-bond donors (Lipinski definition) is 0. The normalized spacial score (nSPS) is 36.1. The number of hydrogen-bond acceptors (Lipinski definition) is 4. The maximum Gasteiger partial charge on any atom is 0.312 e. The number of esters is 2. The first kappa shape index (κ1) is 24.1. The first-order valence-electron chi connectivity index (χ1n) is 13.4. The van der Waals surface area contributed by atoms with Crippen molar-refractivity contribution in [2.24, 2.45) is 28.1 Å². The van der Waals surface area contributed by atoms with Gasteiger partial charge >= 0.3 is 11.9 Å². The van der Waals surface area contributed by atoms with Crippen LogP contribution in [-0.4, -0.2) is 23.1 Å².